The number of aliphatic hydroxyl groups is 1. The Morgan fingerprint density at radius 3 is 1.95 bits per heavy atom. The molecule has 0 atom stereocenters. The second-order valence-electron chi connectivity index (χ2n) is 13.5. The van der Waals surface area contributed by atoms with Crippen LogP contribution in [0.4, 0.5) is 52.7 Å². The van der Waals surface area contributed by atoms with E-state index in [0.717, 1.165) is 35.1 Å². The number of alkyl halides is 12. The molecule has 0 aromatic carbocycles. The number of rotatable bonds is 10. The zero-order chi connectivity index (χ0) is 48.3. The summed E-state index contributed by atoms with van der Waals surface area (Å²) in [5, 5.41) is 48.3. The molecule has 352 valence electrons. The van der Waals surface area contributed by atoms with Crippen LogP contribution >= 0.6 is 0 Å². The van der Waals surface area contributed by atoms with Crippen LogP contribution < -0.4 is 10.1 Å². The number of hydrogen-bond donors (Lipinski definition) is 6. The van der Waals surface area contributed by atoms with E-state index in [-0.39, 0.29) is 43.4 Å². The molecule has 1 aliphatic heterocycles. The molecule has 64 heavy (non-hydrogen) atoms. The molecule has 6 rings (SSSR count). The molecule has 4 aromatic rings. The molecule has 2 aliphatic rings. The van der Waals surface area contributed by atoms with Gasteiger partial charge in [0.15, 0.2) is 0 Å². The number of likely N-dealkylation sites (tertiary alicyclic amines) is 1. The lowest BCUT2D eigenvalue weighted by Crippen LogP contribution is -2.65. The van der Waals surface area contributed by atoms with Crippen molar-refractivity contribution in [1.82, 2.24) is 44.9 Å². The van der Waals surface area contributed by atoms with Crippen molar-refractivity contribution in [2.45, 2.75) is 81.0 Å². The Kier molecular flexibility index (Phi) is 17.3. The first-order valence-electron chi connectivity index (χ1n) is 17.9. The summed E-state index contributed by atoms with van der Waals surface area (Å²) in [7, 11) is 0. The number of carbonyl (C=O) groups is 3. The van der Waals surface area contributed by atoms with Crippen LogP contribution in [-0.2, 0) is 32.6 Å². The lowest BCUT2D eigenvalue weighted by Gasteiger charge is -2.53. The zero-order valence-electron chi connectivity index (χ0n) is 32.2. The van der Waals surface area contributed by atoms with Gasteiger partial charge in [-0.25, -0.2) is 29.3 Å². The number of nitrogens with zero attached hydrogens (tertiary/aromatic N) is 8. The summed E-state index contributed by atoms with van der Waals surface area (Å²) < 4.78 is 143. The first kappa shape index (κ1) is 52.0. The van der Waals surface area contributed by atoms with E-state index in [2.05, 4.69) is 46.3 Å². The smallest absolute Gasteiger partial charge is 0.475 e. The summed E-state index contributed by atoms with van der Waals surface area (Å²) in [6, 6.07) is 5.94. The number of aromatic nitrogens is 7. The molecular weight excluding hydrogens is 904 g/mol. The highest BCUT2D eigenvalue weighted by Gasteiger charge is 2.48. The number of aliphatic carboxylic acids is 3. The van der Waals surface area contributed by atoms with Gasteiger partial charge in [-0.05, 0) is 31.7 Å². The highest BCUT2D eigenvalue weighted by Crippen LogP contribution is 2.39. The first-order valence-corrected chi connectivity index (χ1v) is 17.9. The molecule has 0 unspecified atom stereocenters. The third-order valence-electron chi connectivity index (χ3n) is 8.88. The fourth-order valence-corrected chi connectivity index (χ4v) is 6.00. The van der Waals surface area contributed by atoms with Gasteiger partial charge in [-0.3, -0.25) is 9.58 Å². The van der Waals surface area contributed by atoms with Crippen LogP contribution in [0.3, 0.4) is 0 Å². The van der Waals surface area contributed by atoms with Crippen molar-refractivity contribution in [3.8, 4) is 23.2 Å². The molecule has 4 aromatic heterocycles. The molecule has 6 N–H and O–H groups in total. The Labute approximate surface area is 350 Å². The van der Waals surface area contributed by atoms with Crippen LogP contribution in [0.25, 0.3) is 22.3 Å². The summed E-state index contributed by atoms with van der Waals surface area (Å²) in [5.41, 5.74) is 2.08. The van der Waals surface area contributed by atoms with E-state index in [9.17, 15) is 57.9 Å². The van der Waals surface area contributed by atoms with E-state index in [0.29, 0.717) is 32.4 Å². The predicted octanol–water partition coefficient (Wildman–Crippen LogP) is 4.93. The maximum atomic E-state index is 13.4. The molecule has 0 radical (unpaired) electrons. The number of aliphatic hydroxyl groups excluding tert-OH is 1. The van der Waals surface area contributed by atoms with Gasteiger partial charge >= 0.3 is 42.6 Å². The minimum Gasteiger partial charge on any atom is -0.475 e. The van der Waals surface area contributed by atoms with Gasteiger partial charge in [0.2, 0.25) is 11.7 Å². The highest BCUT2D eigenvalue weighted by atomic mass is 19.4. The number of nitriles is 1. The second-order valence-corrected chi connectivity index (χ2v) is 13.5. The quantitative estimate of drug-likeness (QED) is 0.0910. The van der Waals surface area contributed by atoms with Crippen molar-refractivity contribution in [3.05, 3.63) is 48.6 Å². The number of nitrogens with one attached hydrogen (secondary N) is 2. The fourth-order valence-electron chi connectivity index (χ4n) is 6.00. The minimum absolute atomic E-state index is 0.0575. The van der Waals surface area contributed by atoms with Crippen molar-refractivity contribution in [2.24, 2.45) is 0 Å². The van der Waals surface area contributed by atoms with Gasteiger partial charge in [0.25, 0.3) is 0 Å². The topological polar surface area (TPSA) is 266 Å². The third-order valence-corrected chi connectivity index (χ3v) is 8.88. The average Bonchev–Trinajstić information content (AvgIpc) is 3.87. The van der Waals surface area contributed by atoms with Gasteiger partial charge in [0.05, 0.1) is 36.7 Å². The first-order chi connectivity index (χ1) is 29.6. The molecule has 0 spiro atoms. The van der Waals surface area contributed by atoms with Gasteiger partial charge in [-0.15, -0.1) is 0 Å². The summed E-state index contributed by atoms with van der Waals surface area (Å²) in [4.78, 5) is 48.0. The molecular formula is C34H34F12N10O8. The maximum Gasteiger partial charge on any atom is 0.490 e. The Bertz CT molecular complexity index is 2170. The minimum atomic E-state index is -5.08. The van der Waals surface area contributed by atoms with Crippen LogP contribution in [0.1, 0.15) is 43.6 Å². The number of H-pyrrole nitrogens is 1. The van der Waals surface area contributed by atoms with E-state index in [1.807, 2.05) is 23.1 Å². The zero-order valence-corrected chi connectivity index (χ0v) is 32.2. The Hall–Kier alpha value is -6.35. The van der Waals surface area contributed by atoms with Crippen molar-refractivity contribution >= 4 is 28.9 Å². The molecule has 1 saturated heterocycles. The van der Waals surface area contributed by atoms with Crippen molar-refractivity contribution < 1.29 is 92.2 Å². The SMILES string of the molecule is N#CCC1(n2cc(-c3ncnc4[nH]ccc34)cn2)CN([C@H]2CC[C@@H](Oc3cc(CNCCO)nc(C(F)(F)F)n3)CC2)C1.O=C(O)C(F)(F)F.O=C(O)C(F)(F)F.O=C(O)C(F)(F)F. The molecule has 18 nitrogen and oxygen atoms in total. The standard InChI is InChI=1S/C28H31F3N10O2.3C2HF3O2/c29-28(30,31)26-38-19(13-33-9-10-42)11-23(39-26)43-21-3-1-20(2-4-21)40-15-27(16-40,6-7-32)41-14-18(12-37-41)24-22-5-8-34-25(22)36-17-35-24;3*3-2(4,5)1(6)7/h5,8,11-12,14,17,20-21,33,42H,1-4,6,9-10,13,15-16H2,(H,34,35,36);3*(H,6,7)/t20-,21+;;;. The molecule has 2 fully saturated rings. The lowest BCUT2D eigenvalue weighted by molar-refractivity contribution is -0.193. The number of halogens is 12. The second kappa shape index (κ2) is 21.3. The highest BCUT2D eigenvalue weighted by molar-refractivity contribution is 5.90. The van der Waals surface area contributed by atoms with Crippen LogP contribution in [0, 0.1) is 11.3 Å². The van der Waals surface area contributed by atoms with Crippen molar-refractivity contribution in [3.63, 3.8) is 0 Å². The summed E-state index contributed by atoms with van der Waals surface area (Å²) >= 11 is 0. The van der Waals surface area contributed by atoms with Crippen LogP contribution in [0.5, 0.6) is 5.88 Å². The fraction of sp³-hybridized carbons (Fsp3) is 0.500. The van der Waals surface area contributed by atoms with Gasteiger partial charge in [-0.2, -0.15) is 68.0 Å². The van der Waals surface area contributed by atoms with Crippen LogP contribution in [-0.4, -0.2) is 135 Å². The van der Waals surface area contributed by atoms with E-state index in [1.54, 1.807) is 6.20 Å². The molecule has 0 amide bonds. The lowest BCUT2D eigenvalue weighted by atomic mass is 9.82. The molecule has 1 saturated carbocycles. The number of fused-ring (bicyclic) bond motifs is 1. The average molecular weight is 939 g/mol. The van der Waals surface area contributed by atoms with Crippen LogP contribution in [0.15, 0.2) is 37.1 Å². The normalized spacial score (nSPS) is 17.5. The van der Waals surface area contributed by atoms with E-state index in [1.165, 1.54) is 12.4 Å². The maximum absolute atomic E-state index is 13.4. The number of aromatic amines is 1. The molecule has 1 aliphatic carbocycles. The van der Waals surface area contributed by atoms with Crippen molar-refractivity contribution in [1.29, 1.82) is 5.26 Å². The van der Waals surface area contributed by atoms with Gasteiger partial charge in [-0.1, -0.05) is 0 Å². The molecule has 0 bridgehead atoms. The van der Waals surface area contributed by atoms with Gasteiger partial charge < -0.3 is 35.5 Å². The summed E-state index contributed by atoms with van der Waals surface area (Å²) in [6.07, 6.45) is -9.89. The number of ether oxygens (including phenoxy) is 1. The summed E-state index contributed by atoms with van der Waals surface area (Å²) in [5.74, 6) is -9.61. The van der Waals surface area contributed by atoms with Gasteiger partial charge in [0, 0.05) is 61.6 Å². The van der Waals surface area contributed by atoms with Crippen LogP contribution in [0.2, 0.25) is 0 Å². The third kappa shape index (κ3) is 14.9. The van der Waals surface area contributed by atoms with E-state index in [4.69, 9.17) is 39.5 Å². The number of hydrogen-bond acceptors (Lipinski definition) is 13. The number of carboxylic acids is 3. The number of carboxylic acid groups (broad SMARTS) is 3. The monoisotopic (exact) mass is 938 g/mol. The van der Waals surface area contributed by atoms with Gasteiger partial charge in [0.1, 0.15) is 23.6 Å². The Morgan fingerprint density at radius 2 is 1.45 bits per heavy atom. The molecule has 30 heteroatoms. The van der Waals surface area contributed by atoms with Crippen molar-refractivity contribution in [2.75, 3.05) is 26.2 Å². The van der Waals surface area contributed by atoms with E-state index < -0.39 is 54.0 Å². The predicted molar refractivity (Wildman–Crippen MR) is 188 cm³/mol. The molecule has 5 heterocycles. The largest absolute Gasteiger partial charge is 0.490 e. The van der Waals surface area contributed by atoms with E-state index >= 15 is 0 Å². The Balaban J connectivity index is 0.000000429. The summed E-state index contributed by atoms with van der Waals surface area (Å²) in [6.45, 7) is 1.50. The Morgan fingerprint density at radius 1 is 0.891 bits per heavy atom.